The van der Waals surface area contributed by atoms with E-state index in [9.17, 15) is 4.79 Å². The smallest absolute Gasteiger partial charge is 0.247 e. The summed E-state index contributed by atoms with van der Waals surface area (Å²) in [6.07, 6.45) is 5.11. The van der Waals surface area contributed by atoms with Gasteiger partial charge in [-0.2, -0.15) is 0 Å². The molecule has 0 aromatic heterocycles. The maximum Gasteiger partial charge on any atom is 0.247 e. The van der Waals surface area contributed by atoms with Gasteiger partial charge in [0.25, 0.3) is 0 Å². The molecule has 0 aliphatic carbocycles. The van der Waals surface area contributed by atoms with Gasteiger partial charge in [-0.05, 0) is 44.9 Å². The molecule has 0 heterocycles. The number of hydrogen-bond acceptors (Lipinski definition) is 1. The standard InChI is InChI=1S/C17H23Cl2NO/c1-5-12(3)20(13(4)6-2)17(21)11-10-14-15(18)8-7-9-16(14)19/h7-13H,5-6H2,1-4H3/b11-10+. The topological polar surface area (TPSA) is 20.3 Å². The van der Waals surface area contributed by atoms with E-state index in [0.29, 0.717) is 15.6 Å². The van der Waals surface area contributed by atoms with Crippen molar-refractivity contribution in [2.45, 2.75) is 52.6 Å². The minimum atomic E-state index is -0.00492. The fourth-order valence-electron chi connectivity index (χ4n) is 2.17. The summed E-state index contributed by atoms with van der Waals surface area (Å²) in [6, 6.07) is 5.73. The molecule has 0 fully saturated rings. The van der Waals surface area contributed by atoms with Gasteiger partial charge >= 0.3 is 0 Å². The zero-order chi connectivity index (χ0) is 16.0. The molecule has 2 atom stereocenters. The highest BCUT2D eigenvalue weighted by atomic mass is 35.5. The van der Waals surface area contributed by atoms with E-state index in [4.69, 9.17) is 23.2 Å². The summed E-state index contributed by atoms with van der Waals surface area (Å²) in [5, 5.41) is 1.09. The Morgan fingerprint density at radius 2 is 1.62 bits per heavy atom. The van der Waals surface area contributed by atoms with E-state index < -0.39 is 0 Å². The lowest BCUT2D eigenvalue weighted by molar-refractivity contribution is -0.130. The van der Waals surface area contributed by atoms with Crippen LogP contribution >= 0.6 is 23.2 Å². The van der Waals surface area contributed by atoms with Gasteiger partial charge in [-0.1, -0.05) is 43.1 Å². The van der Waals surface area contributed by atoms with Gasteiger partial charge in [0.05, 0.1) is 0 Å². The van der Waals surface area contributed by atoms with Gasteiger partial charge in [-0.3, -0.25) is 4.79 Å². The summed E-state index contributed by atoms with van der Waals surface area (Å²) in [6.45, 7) is 8.31. The van der Waals surface area contributed by atoms with Crippen LogP contribution in [0.3, 0.4) is 0 Å². The minimum Gasteiger partial charge on any atom is -0.334 e. The number of halogens is 2. The van der Waals surface area contributed by atoms with Crippen LogP contribution in [0.5, 0.6) is 0 Å². The first-order valence-corrected chi connectivity index (χ1v) is 8.12. The van der Waals surface area contributed by atoms with E-state index >= 15 is 0 Å². The lowest BCUT2D eigenvalue weighted by atomic mass is 10.1. The third kappa shape index (κ3) is 4.76. The van der Waals surface area contributed by atoms with Crippen molar-refractivity contribution in [3.05, 3.63) is 39.9 Å². The summed E-state index contributed by atoms with van der Waals surface area (Å²) < 4.78 is 0. The Bertz CT molecular complexity index is 483. The molecule has 116 valence electrons. The molecular weight excluding hydrogens is 305 g/mol. The second-order valence-electron chi connectivity index (χ2n) is 5.23. The number of hydrogen-bond donors (Lipinski definition) is 0. The summed E-state index contributed by atoms with van der Waals surface area (Å²) in [7, 11) is 0. The Balaban J connectivity index is 2.98. The number of amides is 1. The van der Waals surface area contributed by atoms with E-state index in [0.717, 1.165) is 12.8 Å². The third-order valence-corrected chi connectivity index (χ3v) is 4.44. The number of benzene rings is 1. The monoisotopic (exact) mass is 327 g/mol. The average molecular weight is 328 g/mol. The number of carbonyl (C=O) groups is 1. The second kappa shape index (κ2) is 8.45. The van der Waals surface area contributed by atoms with Crippen LogP contribution in [0.1, 0.15) is 46.1 Å². The maximum atomic E-state index is 12.5. The van der Waals surface area contributed by atoms with Gasteiger partial charge in [-0.15, -0.1) is 0 Å². The van der Waals surface area contributed by atoms with Crippen LogP contribution < -0.4 is 0 Å². The van der Waals surface area contributed by atoms with Crippen LogP contribution in [0, 0.1) is 0 Å². The van der Waals surface area contributed by atoms with Crippen LogP contribution in [-0.2, 0) is 4.79 Å². The zero-order valence-electron chi connectivity index (χ0n) is 13.1. The van der Waals surface area contributed by atoms with E-state index in [2.05, 4.69) is 27.7 Å². The Morgan fingerprint density at radius 1 is 1.14 bits per heavy atom. The molecule has 0 bridgehead atoms. The molecule has 0 radical (unpaired) electrons. The van der Waals surface area contributed by atoms with Gasteiger partial charge < -0.3 is 4.90 Å². The number of rotatable bonds is 6. The van der Waals surface area contributed by atoms with Crippen LogP contribution in [0.25, 0.3) is 6.08 Å². The second-order valence-corrected chi connectivity index (χ2v) is 6.04. The largest absolute Gasteiger partial charge is 0.334 e. The highest BCUT2D eigenvalue weighted by molar-refractivity contribution is 6.37. The first kappa shape index (κ1) is 18.1. The van der Waals surface area contributed by atoms with E-state index in [1.165, 1.54) is 0 Å². The molecule has 0 aliphatic heterocycles. The van der Waals surface area contributed by atoms with Crippen LogP contribution in [0.4, 0.5) is 0 Å². The third-order valence-electron chi connectivity index (χ3n) is 3.78. The molecule has 0 spiro atoms. The normalized spacial score (nSPS) is 14.2. The quantitative estimate of drug-likeness (QED) is 0.637. The Morgan fingerprint density at radius 3 is 2.05 bits per heavy atom. The van der Waals surface area contributed by atoms with Crippen molar-refractivity contribution in [1.82, 2.24) is 4.90 Å². The molecule has 1 rings (SSSR count). The Hall–Kier alpha value is -0.990. The lowest BCUT2D eigenvalue weighted by Gasteiger charge is -2.33. The molecule has 0 N–H and O–H groups in total. The molecular formula is C17H23Cl2NO. The van der Waals surface area contributed by atoms with Crippen molar-refractivity contribution in [3.8, 4) is 0 Å². The van der Waals surface area contributed by atoms with E-state index in [1.54, 1.807) is 30.4 Å². The van der Waals surface area contributed by atoms with Crippen LogP contribution in [0.2, 0.25) is 10.0 Å². The molecule has 1 amide bonds. The molecule has 4 heteroatoms. The number of nitrogens with zero attached hydrogens (tertiary/aromatic N) is 1. The molecule has 0 saturated carbocycles. The fraction of sp³-hybridized carbons (Fsp3) is 0.471. The number of carbonyl (C=O) groups excluding carboxylic acids is 1. The minimum absolute atomic E-state index is 0.00492. The maximum absolute atomic E-state index is 12.5. The summed E-state index contributed by atoms with van der Waals surface area (Å²) in [5.41, 5.74) is 0.683. The Kier molecular flexibility index (Phi) is 7.27. The van der Waals surface area contributed by atoms with E-state index in [-0.39, 0.29) is 18.0 Å². The average Bonchev–Trinajstić information content (AvgIpc) is 2.46. The van der Waals surface area contributed by atoms with Crippen LogP contribution in [-0.4, -0.2) is 22.9 Å². The first-order chi connectivity index (χ1) is 9.92. The summed E-state index contributed by atoms with van der Waals surface area (Å²) in [5.74, 6) is -0.00492. The van der Waals surface area contributed by atoms with Gasteiger partial charge in [0.1, 0.15) is 0 Å². The highest BCUT2D eigenvalue weighted by Crippen LogP contribution is 2.25. The SMILES string of the molecule is CCC(C)N(C(=O)/C=C/c1c(Cl)cccc1Cl)C(C)CC. The zero-order valence-corrected chi connectivity index (χ0v) is 14.6. The fourth-order valence-corrected chi connectivity index (χ4v) is 2.70. The highest BCUT2D eigenvalue weighted by Gasteiger charge is 2.21. The van der Waals surface area contributed by atoms with Crippen molar-refractivity contribution in [2.24, 2.45) is 0 Å². The van der Waals surface area contributed by atoms with Crippen molar-refractivity contribution in [1.29, 1.82) is 0 Å². The first-order valence-electron chi connectivity index (χ1n) is 7.36. The van der Waals surface area contributed by atoms with Gasteiger partial charge in [-0.25, -0.2) is 0 Å². The molecule has 1 aromatic rings. The molecule has 0 aliphatic rings. The molecule has 21 heavy (non-hydrogen) atoms. The summed E-state index contributed by atoms with van der Waals surface area (Å²) in [4.78, 5) is 14.4. The predicted molar refractivity (Wildman–Crippen MR) is 91.8 cm³/mol. The molecule has 2 unspecified atom stereocenters. The van der Waals surface area contributed by atoms with Gasteiger partial charge in [0.2, 0.25) is 5.91 Å². The summed E-state index contributed by atoms with van der Waals surface area (Å²) >= 11 is 12.2. The van der Waals surface area contributed by atoms with Crippen molar-refractivity contribution in [2.75, 3.05) is 0 Å². The molecule has 2 nitrogen and oxygen atoms in total. The predicted octanol–water partition coefficient (Wildman–Crippen LogP) is 5.43. The van der Waals surface area contributed by atoms with Crippen LogP contribution in [0.15, 0.2) is 24.3 Å². The van der Waals surface area contributed by atoms with Gasteiger partial charge in [0.15, 0.2) is 0 Å². The van der Waals surface area contributed by atoms with Crippen molar-refractivity contribution in [3.63, 3.8) is 0 Å². The van der Waals surface area contributed by atoms with Crippen molar-refractivity contribution < 1.29 is 4.79 Å². The molecule has 1 aromatic carbocycles. The van der Waals surface area contributed by atoms with Crippen molar-refractivity contribution >= 4 is 35.2 Å². The Labute approximate surface area is 137 Å². The molecule has 0 saturated heterocycles. The lowest BCUT2D eigenvalue weighted by Crippen LogP contribution is -2.43. The van der Waals surface area contributed by atoms with Gasteiger partial charge in [0, 0.05) is 33.8 Å². The van der Waals surface area contributed by atoms with E-state index in [1.807, 2.05) is 4.90 Å².